The lowest BCUT2D eigenvalue weighted by molar-refractivity contribution is -0.125. The zero-order chi connectivity index (χ0) is 23.8. The van der Waals surface area contributed by atoms with Crippen molar-refractivity contribution in [2.24, 2.45) is 0 Å². The summed E-state index contributed by atoms with van der Waals surface area (Å²) >= 11 is 1.03. The van der Waals surface area contributed by atoms with Crippen LogP contribution in [0.4, 0.5) is 4.79 Å². The standard InChI is InChI=1S/C26H19N5O3S/c32-23-15-35-26(33)31(23)14-18-6-4-8-20(12-18)25-28-24(29-34-25)19-7-3-5-17(11-19)13-30-16-27-21-9-1-2-10-22(21)30/h1-12,16H,13-15H2. The maximum absolute atomic E-state index is 11.9. The second kappa shape index (κ2) is 8.84. The van der Waals surface area contributed by atoms with E-state index in [1.54, 1.807) is 0 Å². The van der Waals surface area contributed by atoms with Crippen LogP contribution in [-0.4, -0.2) is 41.5 Å². The van der Waals surface area contributed by atoms with Crippen LogP contribution in [0.3, 0.4) is 0 Å². The fourth-order valence-corrected chi connectivity index (χ4v) is 4.84. The van der Waals surface area contributed by atoms with E-state index >= 15 is 0 Å². The Morgan fingerprint density at radius 1 is 0.886 bits per heavy atom. The minimum atomic E-state index is -0.218. The molecule has 0 unspecified atom stereocenters. The molecule has 0 atom stereocenters. The lowest BCUT2D eigenvalue weighted by Crippen LogP contribution is -2.27. The average molecular weight is 482 g/mol. The number of fused-ring (bicyclic) bond motifs is 1. The summed E-state index contributed by atoms with van der Waals surface area (Å²) in [5.74, 6) is 0.890. The van der Waals surface area contributed by atoms with E-state index in [4.69, 9.17) is 4.52 Å². The van der Waals surface area contributed by atoms with Gasteiger partial charge in [0.15, 0.2) is 0 Å². The number of benzene rings is 3. The zero-order valence-corrected chi connectivity index (χ0v) is 19.3. The summed E-state index contributed by atoms with van der Waals surface area (Å²) in [7, 11) is 0. The van der Waals surface area contributed by atoms with Crippen molar-refractivity contribution in [1.29, 1.82) is 0 Å². The van der Waals surface area contributed by atoms with E-state index in [1.165, 1.54) is 4.90 Å². The van der Waals surface area contributed by atoms with E-state index in [-0.39, 0.29) is 23.4 Å². The van der Waals surface area contributed by atoms with Gasteiger partial charge in [-0.3, -0.25) is 14.5 Å². The molecule has 2 amide bonds. The zero-order valence-electron chi connectivity index (χ0n) is 18.5. The first-order valence-electron chi connectivity index (χ1n) is 11.0. The van der Waals surface area contributed by atoms with Crippen molar-refractivity contribution in [3.05, 3.63) is 90.3 Å². The van der Waals surface area contributed by atoms with Crippen molar-refractivity contribution in [3.63, 3.8) is 0 Å². The van der Waals surface area contributed by atoms with Crippen molar-refractivity contribution < 1.29 is 14.1 Å². The highest BCUT2D eigenvalue weighted by molar-refractivity contribution is 8.14. The predicted octanol–water partition coefficient (Wildman–Crippen LogP) is 5.00. The molecule has 9 heteroatoms. The molecule has 172 valence electrons. The monoisotopic (exact) mass is 481 g/mol. The lowest BCUT2D eigenvalue weighted by Gasteiger charge is -2.12. The van der Waals surface area contributed by atoms with Crippen LogP contribution in [0.5, 0.6) is 0 Å². The molecular weight excluding hydrogens is 462 g/mol. The van der Waals surface area contributed by atoms with Gasteiger partial charge in [-0.15, -0.1) is 0 Å². The molecule has 0 N–H and O–H groups in total. The van der Waals surface area contributed by atoms with Gasteiger partial charge in [-0.2, -0.15) is 4.98 Å². The lowest BCUT2D eigenvalue weighted by atomic mass is 10.1. The molecule has 3 heterocycles. The molecule has 0 bridgehead atoms. The minimum absolute atomic E-state index is 0.172. The van der Waals surface area contributed by atoms with Gasteiger partial charge in [-0.05, 0) is 41.5 Å². The number of imide groups is 1. The number of carbonyl (C=O) groups excluding carboxylic acids is 2. The fourth-order valence-electron chi connectivity index (χ4n) is 4.12. The Morgan fingerprint density at radius 3 is 2.49 bits per heavy atom. The van der Waals surface area contributed by atoms with Crippen LogP contribution in [0.1, 0.15) is 11.1 Å². The van der Waals surface area contributed by atoms with Gasteiger partial charge in [0, 0.05) is 17.7 Å². The van der Waals surface area contributed by atoms with Gasteiger partial charge >= 0.3 is 0 Å². The van der Waals surface area contributed by atoms with Crippen molar-refractivity contribution in [2.75, 3.05) is 5.75 Å². The molecule has 5 aromatic rings. The van der Waals surface area contributed by atoms with Crippen LogP contribution >= 0.6 is 11.8 Å². The second-order valence-corrected chi connectivity index (χ2v) is 9.15. The van der Waals surface area contributed by atoms with Crippen molar-refractivity contribution >= 4 is 33.9 Å². The summed E-state index contributed by atoms with van der Waals surface area (Å²) in [6.45, 7) is 0.901. The van der Waals surface area contributed by atoms with Crippen LogP contribution in [0.2, 0.25) is 0 Å². The first kappa shape index (κ1) is 21.3. The third-order valence-corrected chi connectivity index (χ3v) is 6.71. The smallest absolute Gasteiger partial charge is 0.289 e. The van der Waals surface area contributed by atoms with E-state index in [1.807, 2.05) is 67.0 Å². The van der Waals surface area contributed by atoms with E-state index in [9.17, 15) is 9.59 Å². The molecule has 2 aromatic heterocycles. The second-order valence-electron chi connectivity index (χ2n) is 8.22. The van der Waals surface area contributed by atoms with E-state index < -0.39 is 0 Å². The van der Waals surface area contributed by atoms with Gasteiger partial charge in [-0.1, -0.05) is 59.4 Å². The SMILES string of the molecule is O=C1CSC(=O)N1Cc1cccc(-c2nc(-c3cccc(Cn4cnc5ccccc54)c3)no2)c1. The maximum atomic E-state index is 11.9. The molecule has 3 aromatic carbocycles. The number of hydrogen-bond donors (Lipinski definition) is 0. The highest BCUT2D eigenvalue weighted by Gasteiger charge is 2.29. The number of amides is 2. The topological polar surface area (TPSA) is 94.1 Å². The predicted molar refractivity (Wildman–Crippen MR) is 132 cm³/mol. The normalized spacial score (nSPS) is 13.8. The van der Waals surface area contributed by atoms with Gasteiger partial charge < -0.3 is 9.09 Å². The summed E-state index contributed by atoms with van der Waals surface area (Å²) in [5.41, 5.74) is 5.54. The molecule has 0 radical (unpaired) electrons. The Morgan fingerprint density at radius 2 is 1.66 bits per heavy atom. The number of hydrogen-bond acceptors (Lipinski definition) is 7. The highest BCUT2D eigenvalue weighted by Crippen LogP contribution is 2.26. The Labute approximate surface area is 204 Å². The summed E-state index contributed by atoms with van der Waals surface area (Å²) in [6.07, 6.45) is 1.85. The Bertz CT molecular complexity index is 1560. The van der Waals surface area contributed by atoms with Crippen molar-refractivity contribution in [1.82, 2.24) is 24.6 Å². The van der Waals surface area contributed by atoms with Gasteiger partial charge in [0.2, 0.25) is 11.7 Å². The molecule has 0 saturated carbocycles. The van der Waals surface area contributed by atoms with Gasteiger partial charge in [-0.25, -0.2) is 4.98 Å². The molecule has 0 spiro atoms. The number of thioether (sulfide) groups is 1. The molecule has 1 saturated heterocycles. The molecule has 35 heavy (non-hydrogen) atoms. The summed E-state index contributed by atoms with van der Waals surface area (Å²) in [5, 5.41) is 3.96. The van der Waals surface area contributed by atoms with Crippen LogP contribution < -0.4 is 0 Å². The number of carbonyl (C=O) groups is 2. The third kappa shape index (κ3) is 4.22. The first-order chi connectivity index (χ1) is 17.1. The van der Waals surface area contributed by atoms with Crippen LogP contribution in [0.25, 0.3) is 33.9 Å². The quantitative estimate of drug-likeness (QED) is 0.337. The summed E-state index contributed by atoms with van der Waals surface area (Å²) in [6, 6.07) is 23.5. The molecule has 1 aliphatic rings. The fraction of sp³-hybridized carbons (Fsp3) is 0.115. The van der Waals surface area contributed by atoms with E-state index in [0.717, 1.165) is 45.0 Å². The van der Waals surface area contributed by atoms with Crippen LogP contribution in [-0.2, 0) is 17.9 Å². The molecule has 0 aliphatic carbocycles. The highest BCUT2D eigenvalue weighted by atomic mass is 32.2. The van der Waals surface area contributed by atoms with Crippen LogP contribution in [0.15, 0.2) is 83.6 Å². The summed E-state index contributed by atoms with van der Waals surface area (Å²) < 4.78 is 7.65. The number of para-hydroxylation sites is 2. The summed E-state index contributed by atoms with van der Waals surface area (Å²) in [4.78, 5) is 34.2. The maximum Gasteiger partial charge on any atom is 0.289 e. The van der Waals surface area contributed by atoms with Crippen molar-refractivity contribution in [2.45, 2.75) is 13.1 Å². The Hall–Kier alpha value is -4.24. The number of rotatable bonds is 6. The van der Waals surface area contributed by atoms with Crippen molar-refractivity contribution in [3.8, 4) is 22.8 Å². The van der Waals surface area contributed by atoms with Gasteiger partial charge in [0.05, 0.1) is 29.7 Å². The average Bonchev–Trinajstić information content (AvgIpc) is 3.61. The molecular formula is C26H19N5O3S. The van der Waals surface area contributed by atoms with Gasteiger partial charge in [0.25, 0.3) is 11.1 Å². The van der Waals surface area contributed by atoms with E-state index in [2.05, 4.69) is 31.8 Å². The number of imidazole rings is 1. The molecule has 8 nitrogen and oxygen atoms in total. The van der Waals surface area contributed by atoms with Crippen LogP contribution in [0, 0.1) is 0 Å². The minimum Gasteiger partial charge on any atom is -0.334 e. The molecule has 6 rings (SSSR count). The third-order valence-electron chi connectivity index (χ3n) is 5.85. The Kier molecular flexibility index (Phi) is 5.38. The molecule has 1 aliphatic heterocycles. The van der Waals surface area contributed by atoms with E-state index in [0.29, 0.717) is 18.3 Å². The molecule has 1 fully saturated rings. The number of nitrogens with zero attached hydrogens (tertiary/aromatic N) is 5. The number of aromatic nitrogens is 4. The largest absolute Gasteiger partial charge is 0.334 e. The first-order valence-corrected chi connectivity index (χ1v) is 12.0. The van der Waals surface area contributed by atoms with Gasteiger partial charge in [0.1, 0.15) is 0 Å². The Balaban J connectivity index is 1.23.